The number of methoxy groups -OCH3 is 1. The van der Waals surface area contributed by atoms with E-state index < -0.39 is 5.97 Å². The highest BCUT2D eigenvalue weighted by molar-refractivity contribution is 7.98. The predicted molar refractivity (Wildman–Crippen MR) is 97.9 cm³/mol. The molecule has 0 radical (unpaired) electrons. The van der Waals surface area contributed by atoms with Gasteiger partial charge in [0.25, 0.3) is 0 Å². The molecule has 0 bridgehead atoms. The maximum Gasteiger partial charge on any atom is 0.342 e. The summed E-state index contributed by atoms with van der Waals surface area (Å²) in [5.74, 6) is -0.302. The number of hydrogen-bond acceptors (Lipinski definition) is 5. The van der Waals surface area contributed by atoms with Crippen LogP contribution in [0.25, 0.3) is 0 Å². The number of carbonyl (C=O) groups is 2. The number of benzene rings is 2. The Morgan fingerprint density at radius 2 is 1.88 bits per heavy atom. The number of esters is 1. The van der Waals surface area contributed by atoms with Crippen molar-refractivity contribution in [2.45, 2.75) is 24.2 Å². The lowest BCUT2D eigenvalue weighted by atomic mass is 10.0. The summed E-state index contributed by atoms with van der Waals surface area (Å²) in [6.45, 7) is -0.273. The molecular formula is C20H20O4S. The van der Waals surface area contributed by atoms with Crippen molar-refractivity contribution in [1.82, 2.24) is 0 Å². The fraction of sp³-hybridized carbons (Fsp3) is 0.300. The quantitative estimate of drug-likeness (QED) is 0.446. The van der Waals surface area contributed by atoms with E-state index in [0.29, 0.717) is 16.9 Å². The molecule has 1 aliphatic rings. The van der Waals surface area contributed by atoms with Crippen LogP contribution in [0.3, 0.4) is 0 Å². The first kappa shape index (κ1) is 17.5. The zero-order valence-corrected chi connectivity index (χ0v) is 15.2. The first-order valence-corrected chi connectivity index (χ1v) is 9.39. The van der Waals surface area contributed by atoms with Crippen molar-refractivity contribution in [3.05, 3.63) is 58.7 Å². The van der Waals surface area contributed by atoms with E-state index in [0.717, 1.165) is 24.2 Å². The molecule has 0 spiro atoms. The number of ether oxygens (including phenoxy) is 2. The minimum Gasteiger partial charge on any atom is -0.496 e. The van der Waals surface area contributed by atoms with Crippen LogP contribution in [0, 0.1) is 0 Å². The predicted octanol–water partition coefficient (Wildman–Crippen LogP) is 3.95. The van der Waals surface area contributed by atoms with Crippen LogP contribution in [-0.4, -0.2) is 31.7 Å². The number of fused-ring (bicyclic) bond motifs is 1. The average Bonchev–Trinajstić information content (AvgIpc) is 3.12. The molecule has 2 aromatic carbocycles. The van der Waals surface area contributed by atoms with Gasteiger partial charge in [-0.2, -0.15) is 0 Å². The van der Waals surface area contributed by atoms with Gasteiger partial charge in [-0.25, -0.2) is 4.79 Å². The first-order valence-electron chi connectivity index (χ1n) is 8.16. The van der Waals surface area contributed by atoms with Gasteiger partial charge in [0.15, 0.2) is 12.4 Å². The molecule has 25 heavy (non-hydrogen) atoms. The van der Waals surface area contributed by atoms with Crippen LogP contribution < -0.4 is 4.74 Å². The van der Waals surface area contributed by atoms with E-state index in [-0.39, 0.29) is 12.4 Å². The zero-order chi connectivity index (χ0) is 17.8. The molecule has 0 fully saturated rings. The number of Topliss-reactive ketones (excluding diaryl/α,β-unsaturated/α-hetero) is 1. The largest absolute Gasteiger partial charge is 0.496 e. The summed E-state index contributed by atoms with van der Waals surface area (Å²) in [4.78, 5) is 25.6. The molecule has 0 amide bonds. The molecule has 0 unspecified atom stereocenters. The zero-order valence-electron chi connectivity index (χ0n) is 14.3. The molecule has 5 heteroatoms. The Morgan fingerprint density at radius 1 is 1.08 bits per heavy atom. The van der Waals surface area contributed by atoms with E-state index in [4.69, 9.17) is 9.47 Å². The molecule has 0 N–H and O–H groups in total. The molecule has 130 valence electrons. The fourth-order valence-electron chi connectivity index (χ4n) is 3.00. The van der Waals surface area contributed by atoms with Crippen molar-refractivity contribution in [2.75, 3.05) is 20.0 Å². The molecule has 0 aliphatic heterocycles. The van der Waals surface area contributed by atoms with Gasteiger partial charge in [0, 0.05) is 10.5 Å². The van der Waals surface area contributed by atoms with Gasteiger partial charge in [-0.3, -0.25) is 4.79 Å². The molecule has 0 saturated carbocycles. The van der Waals surface area contributed by atoms with E-state index in [1.54, 1.807) is 23.9 Å². The van der Waals surface area contributed by atoms with Gasteiger partial charge in [-0.1, -0.05) is 12.1 Å². The van der Waals surface area contributed by atoms with Gasteiger partial charge in [0.2, 0.25) is 0 Å². The Balaban J connectivity index is 1.67. The van der Waals surface area contributed by atoms with Crippen LogP contribution in [0.15, 0.2) is 41.3 Å². The van der Waals surface area contributed by atoms with Gasteiger partial charge in [0.1, 0.15) is 11.3 Å². The number of rotatable bonds is 6. The van der Waals surface area contributed by atoms with Crippen LogP contribution in [0.5, 0.6) is 5.75 Å². The second-order valence-corrected chi connectivity index (χ2v) is 6.78. The lowest BCUT2D eigenvalue weighted by Gasteiger charge is -2.10. The normalized spacial score (nSPS) is 12.6. The third-order valence-corrected chi connectivity index (χ3v) is 5.11. The van der Waals surface area contributed by atoms with E-state index in [1.165, 1.54) is 18.2 Å². The summed E-state index contributed by atoms with van der Waals surface area (Å²) >= 11 is 1.56. The number of aryl methyl sites for hydroxylation is 2. The highest BCUT2D eigenvalue weighted by Crippen LogP contribution is 2.26. The van der Waals surface area contributed by atoms with Crippen LogP contribution in [0.1, 0.15) is 38.3 Å². The molecule has 0 heterocycles. The lowest BCUT2D eigenvalue weighted by Crippen LogP contribution is -2.15. The van der Waals surface area contributed by atoms with Crippen molar-refractivity contribution < 1.29 is 19.1 Å². The van der Waals surface area contributed by atoms with Gasteiger partial charge in [-0.15, -0.1) is 11.8 Å². The SMILES string of the molecule is COc1cc(SC)ccc1C(=O)OCC(=O)c1ccc2c(c1)CCC2. The summed E-state index contributed by atoms with van der Waals surface area (Å²) in [7, 11) is 1.51. The summed E-state index contributed by atoms with van der Waals surface area (Å²) in [6, 6.07) is 11.0. The smallest absolute Gasteiger partial charge is 0.342 e. The minimum absolute atomic E-state index is 0.192. The lowest BCUT2D eigenvalue weighted by molar-refractivity contribution is 0.0471. The Morgan fingerprint density at radius 3 is 2.64 bits per heavy atom. The summed E-state index contributed by atoms with van der Waals surface area (Å²) < 4.78 is 10.5. The van der Waals surface area contributed by atoms with E-state index in [1.807, 2.05) is 30.5 Å². The maximum atomic E-state index is 12.3. The Bertz CT molecular complexity index is 813. The summed E-state index contributed by atoms with van der Waals surface area (Å²) in [6.07, 6.45) is 5.16. The van der Waals surface area contributed by atoms with Crippen molar-refractivity contribution in [3.63, 3.8) is 0 Å². The molecule has 1 aliphatic carbocycles. The topological polar surface area (TPSA) is 52.6 Å². The van der Waals surface area contributed by atoms with E-state index in [9.17, 15) is 9.59 Å². The van der Waals surface area contributed by atoms with Gasteiger partial charge < -0.3 is 9.47 Å². The number of hydrogen-bond donors (Lipinski definition) is 0. The minimum atomic E-state index is -0.556. The van der Waals surface area contributed by atoms with Crippen molar-refractivity contribution >= 4 is 23.5 Å². The van der Waals surface area contributed by atoms with Crippen molar-refractivity contribution in [3.8, 4) is 5.75 Å². The van der Waals surface area contributed by atoms with Crippen molar-refractivity contribution in [2.24, 2.45) is 0 Å². The van der Waals surface area contributed by atoms with Gasteiger partial charge in [-0.05, 0) is 60.9 Å². The molecule has 0 saturated heterocycles. The van der Waals surface area contributed by atoms with Gasteiger partial charge >= 0.3 is 5.97 Å². The Kier molecular flexibility index (Phi) is 5.43. The fourth-order valence-corrected chi connectivity index (χ4v) is 3.43. The summed E-state index contributed by atoms with van der Waals surface area (Å²) in [5.41, 5.74) is 3.46. The Hall–Kier alpha value is -2.27. The molecular weight excluding hydrogens is 336 g/mol. The average molecular weight is 356 g/mol. The van der Waals surface area contributed by atoms with E-state index >= 15 is 0 Å². The first-order chi connectivity index (χ1) is 12.1. The molecule has 0 atom stereocenters. The third-order valence-electron chi connectivity index (χ3n) is 4.38. The molecule has 3 rings (SSSR count). The number of ketones is 1. The monoisotopic (exact) mass is 356 g/mol. The van der Waals surface area contributed by atoms with Gasteiger partial charge in [0.05, 0.1) is 7.11 Å². The van der Waals surface area contributed by atoms with Crippen LogP contribution in [0.4, 0.5) is 0 Å². The second kappa shape index (κ2) is 7.74. The second-order valence-electron chi connectivity index (χ2n) is 5.90. The van der Waals surface area contributed by atoms with Crippen molar-refractivity contribution in [1.29, 1.82) is 0 Å². The maximum absolute atomic E-state index is 12.3. The van der Waals surface area contributed by atoms with E-state index in [2.05, 4.69) is 0 Å². The van der Waals surface area contributed by atoms with Crippen LogP contribution in [0.2, 0.25) is 0 Å². The highest BCUT2D eigenvalue weighted by atomic mass is 32.2. The molecule has 2 aromatic rings. The number of carbonyl (C=O) groups excluding carboxylic acids is 2. The standard InChI is InChI=1S/C20H20O4S/c1-23-19-11-16(25-2)8-9-17(19)20(22)24-12-18(21)15-7-6-13-4-3-5-14(13)10-15/h6-11H,3-5,12H2,1-2H3. The third kappa shape index (κ3) is 3.87. The number of thioether (sulfide) groups is 1. The summed E-state index contributed by atoms with van der Waals surface area (Å²) in [5, 5.41) is 0. The molecule has 0 aromatic heterocycles. The van der Waals surface area contributed by atoms with Crippen LogP contribution in [-0.2, 0) is 17.6 Å². The highest BCUT2D eigenvalue weighted by Gasteiger charge is 2.18. The van der Waals surface area contributed by atoms with Crippen LogP contribution >= 0.6 is 11.8 Å². The molecule has 4 nitrogen and oxygen atoms in total. The Labute approximate surface area is 151 Å².